The van der Waals surface area contributed by atoms with Gasteiger partial charge in [-0.1, -0.05) is 44.2 Å². The molecule has 0 unspecified atom stereocenters. The highest BCUT2D eigenvalue weighted by Gasteiger charge is 2.18. The number of benzene rings is 3. The largest absolute Gasteiger partial charge is 0.366 e. The molecule has 0 atom stereocenters. The molecule has 3 aromatic carbocycles. The number of aryl methyl sites for hydroxylation is 1. The molecule has 0 aliphatic carbocycles. The highest BCUT2D eigenvalue weighted by atomic mass is 19.1. The molecular formula is C24H22FN2O. The minimum atomic E-state index is -0.479. The highest BCUT2D eigenvalue weighted by Crippen LogP contribution is 2.34. The van der Waals surface area contributed by atoms with Gasteiger partial charge in [-0.15, -0.1) is 0 Å². The summed E-state index contributed by atoms with van der Waals surface area (Å²) < 4.78 is 16.8. The van der Waals surface area contributed by atoms with Crippen molar-refractivity contribution in [2.75, 3.05) is 0 Å². The normalized spacial score (nSPS) is 11.6. The lowest BCUT2D eigenvalue weighted by molar-refractivity contribution is 0.100. The van der Waals surface area contributed by atoms with Crippen molar-refractivity contribution in [3.05, 3.63) is 82.7 Å². The zero-order chi connectivity index (χ0) is 20.0. The van der Waals surface area contributed by atoms with E-state index in [2.05, 4.69) is 30.5 Å². The van der Waals surface area contributed by atoms with E-state index in [-0.39, 0.29) is 5.82 Å². The van der Waals surface area contributed by atoms with Crippen molar-refractivity contribution in [1.82, 2.24) is 4.57 Å². The molecular weight excluding hydrogens is 351 g/mol. The van der Waals surface area contributed by atoms with Gasteiger partial charge in [0.1, 0.15) is 5.82 Å². The van der Waals surface area contributed by atoms with Crippen LogP contribution in [0.4, 0.5) is 4.39 Å². The number of nitrogens with zero attached hydrogens (tertiary/aromatic N) is 1. The average Bonchev–Trinajstić information content (AvgIpc) is 2.98. The van der Waals surface area contributed by atoms with E-state index in [0.717, 1.165) is 27.4 Å². The van der Waals surface area contributed by atoms with Crippen LogP contribution >= 0.6 is 0 Å². The molecule has 28 heavy (non-hydrogen) atoms. The third-order valence-corrected chi connectivity index (χ3v) is 5.35. The number of amides is 1. The second-order valence-corrected chi connectivity index (χ2v) is 7.55. The summed E-state index contributed by atoms with van der Waals surface area (Å²) in [6.45, 7) is 6.37. The summed E-state index contributed by atoms with van der Waals surface area (Å²) in [6, 6.07) is 18.3. The second kappa shape index (κ2) is 6.79. The van der Waals surface area contributed by atoms with Crippen molar-refractivity contribution in [3.63, 3.8) is 0 Å². The molecule has 0 saturated heterocycles. The first-order chi connectivity index (χ1) is 13.4. The van der Waals surface area contributed by atoms with E-state index >= 15 is 0 Å². The summed E-state index contributed by atoms with van der Waals surface area (Å²) in [4.78, 5) is 12.0. The van der Waals surface area contributed by atoms with Crippen LogP contribution in [0.1, 0.15) is 46.8 Å². The van der Waals surface area contributed by atoms with E-state index < -0.39 is 5.91 Å². The van der Waals surface area contributed by atoms with Crippen molar-refractivity contribution >= 4 is 27.7 Å². The van der Waals surface area contributed by atoms with E-state index in [9.17, 15) is 9.18 Å². The molecule has 4 aromatic rings. The number of nitrogens with two attached hydrogens (primary N) is 1. The molecule has 1 heterocycles. The van der Waals surface area contributed by atoms with E-state index in [0.29, 0.717) is 29.2 Å². The molecule has 2 N–H and O–H groups in total. The zero-order valence-corrected chi connectivity index (χ0v) is 16.2. The van der Waals surface area contributed by atoms with Gasteiger partial charge in [0.25, 0.3) is 0 Å². The van der Waals surface area contributed by atoms with Gasteiger partial charge in [-0.3, -0.25) is 4.79 Å². The maximum Gasteiger partial charge on any atom is 0.249 e. The maximum absolute atomic E-state index is 14.7. The summed E-state index contributed by atoms with van der Waals surface area (Å²) in [5.74, 6) is -0.348. The SMILES string of the molecule is Cc1cccc(Cn2c3cc(C(C)C)c[c]c3c3c(C(N)=O)cccc32)c1F. The smallest absolute Gasteiger partial charge is 0.249 e. The fourth-order valence-corrected chi connectivity index (χ4v) is 3.78. The molecule has 1 radical (unpaired) electrons. The molecule has 1 aromatic heterocycles. The van der Waals surface area contributed by atoms with E-state index in [1.54, 1.807) is 25.1 Å². The summed E-state index contributed by atoms with van der Waals surface area (Å²) in [6.07, 6.45) is 0. The molecule has 0 aliphatic rings. The number of hydrogen-bond acceptors (Lipinski definition) is 1. The molecule has 141 valence electrons. The average molecular weight is 373 g/mol. The van der Waals surface area contributed by atoms with Crippen LogP contribution in [0.3, 0.4) is 0 Å². The fraction of sp³-hybridized carbons (Fsp3) is 0.208. The first-order valence-electron chi connectivity index (χ1n) is 9.38. The van der Waals surface area contributed by atoms with Gasteiger partial charge in [0.15, 0.2) is 0 Å². The number of rotatable bonds is 4. The Morgan fingerprint density at radius 2 is 1.93 bits per heavy atom. The lowest BCUT2D eigenvalue weighted by Gasteiger charge is -2.11. The van der Waals surface area contributed by atoms with Gasteiger partial charge in [-0.25, -0.2) is 4.39 Å². The highest BCUT2D eigenvalue weighted by molar-refractivity contribution is 6.17. The first-order valence-corrected chi connectivity index (χ1v) is 9.38. The summed E-state index contributed by atoms with van der Waals surface area (Å²) >= 11 is 0. The summed E-state index contributed by atoms with van der Waals surface area (Å²) in [5, 5.41) is 1.61. The molecule has 0 fully saturated rings. The van der Waals surface area contributed by atoms with Crippen molar-refractivity contribution < 1.29 is 9.18 Å². The Labute approximate surface area is 163 Å². The third-order valence-electron chi connectivity index (χ3n) is 5.35. The Balaban J connectivity index is 2.07. The lowest BCUT2D eigenvalue weighted by Crippen LogP contribution is -2.11. The minimum absolute atomic E-state index is 0.201. The van der Waals surface area contributed by atoms with Gasteiger partial charge in [-0.2, -0.15) is 0 Å². The van der Waals surface area contributed by atoms with Crippen molar-refractivity contribution in [2.45, 2.75) is 33.2 Å². The number of halogens is 1. The molecule has 0 aliphatic heterocycles. The Bertz CT molecular complexity index is 1220. The van der Waals surface area contributed by atoms with Crippen LogP contribution in [-0.2, 0) is 6.54 Å². The number of carbonyl (C=O) groups excluding carboxylic acids is 1. The molecule has 0 bridgehead atoms. The number of aromatic nitrogens is 1. The van der Waals surface area contributed by atoms with E-state index in [4.69, 9.17) is 5.73 Å². The Morgan fingerprint density at radius 3 is 2.64 bits per heavy atom. The number of carbonyl (C=O) groups is 1. The van der Waals surface area contributed by atoms with Crippen LogP contribution < -0.4 is 5.73 Å². The van der Waals surface area contributed by atoms with Crippen LogP contribution in [0, 0.1) is 18.8 Å². The summed E-state index contributed by atoms with van der Waals surface area (Å²) in [5.41, 5.74) is 10.2. The predicted octanol–water partition coefficient (Wildman–Crippen LogP) is 5.31. The van der Waals surface area contributed by atoms with Gasteiger partial charge in [0.2, 0.25) is 5.91 Å². The number of fused-ring (bicyclic) bond motifs is 3. The van der Waals surface area contributed by atoms with Crippen molar-refractivity contribution in [2.24, 2.45) is 5.73 Å². The number of primary amides is 1. The van der Waals surface area contributed by atoms with Crippen LogP contribution in [0.5, 0.6) is 0 Å². The van der Waals surface area contributed by atoms with Gasteiger partial charge >= 0.3 is 0 Å². The lowest BCUT2D eigenvalue weighted by atomic mass is 10.00. The minimum Gasteiger partial charge on any atom is -0.366 e. The Kier molecular flexibility index (Phi) is 4.42. The molecule has 3 nitrogen and oxygen atoms in total. The monoisotopic (exact) mass is 373 g/mol. The predicted molar refractivity (Wildman–Crippen MR) is 111 cm³/mol. The van der Waals surface area contributed by atoms with Gasteiger partial charge in [0, 0.05) is 21.9 Å². The van der Waals surface area contributed by atoms with Crippen molar-refractivity contribution in [1.29, 1.82) is 0 Å². The van der Waals surface area contributed by atoms with E-state index in [1.807, 2.05) is 24.3 Å². The fourth-order valence-electron chi connectivity index (χ4n) is 3.78. The standard InChI is InChI=1S/C24H22FN2O/c1-14(2)16-10-11-18-21(12-16)27(13-17-7-4-6-15(3)23(17)25)20-9-5-8-19(22(18)20)24(26)28/h4-10,12,14H,13H2,1-3H3,(H2,26,28). The second-order valence-electron chi connectivity index (χ2n) is 7.55. The molecule has 0 spiro atoms. The van der Waals surface area contributed by atoms with Crippen LogP contribution in [0.15, 0.2) is 48.5 Å². The Morgan fingerprint density at radius 1 is 1.18 bits per heavy atom. The van der Waals surface area contributed by atoms with Crippen LogP contribution in [0.2, 0.25) is 0 Å². The van der Waals surface area contributed by atoms with Crippen LogP contribution in [0.25, 0.3) is 21.8 Å². The molecule has 4 rings (SSSR count). The number of hydrogen-bond donors (Lipinski definition) is 1. The summed E-state index contributed by atoms with van der Waals surface area (Å²) in [7, 11) is 0. The third kappa shape index (κ3) is 2.85. The zero-order valence-electron chi connectivity index (χ0n) is 16.2. The van der Waals surface area contributed by atoms with Gasteiger partial charge in [0.05, 0.1) is 17.6 Å². The quantitative estimate of drug-likeness (QED) is 0.517. The van der Waals surface area contributed by atoms with E-state index in [1.165, 1.54) is 0 Å². The van der Waals surface area contributed by atoms with Gasteiger partial charge < -0.3 is 10.3 Å². The molecule has 4 heteroatoms. The molecule has 1 amide bonds. The topological polar surface area (TPSA) is 48.0 Å². The maximum atomic E-state index is 14.7. The van der Waals surface area contributed by atoms with Crippen LogP contribution in [-0.4, -0.2) is 10.5 Å². The van der Waals surface area contributed by atoms with Gasteiger partial charge in [-0.05, 0) is 48.2 Å². The Hall–Kier alpha value is -3.14. The molecule has 0 saturated carbocycles. The first kappa shape index (κ1) is 18.2. The van der Waals surface area contributed by atoms with Crippen molar-refractivity contribution in [3.8, 4) is 0 Å².